The Hall–Kier alpha value is -2.21. The fourth-order valence-corrected chi connectivity index (χ4v) is 3.35. The lowest BCUT2D eigenvalue weighted by atomic mass is 9.99. The van der Waals surface area contributed by atoms with Crippen molar-refractivity contribution in [2.24, 2.45) is 0 Å². The topological polar surface area (TPSA) is 71.1 Å². The summed E-state index contributed by atoms with van der Waals surface area (Å²) in [7, 11) is 1.59. The van der Waals surface area contributed by atoms with Crippen LogP contribution in [0.5, 0.6) is 0 Å². The van der Waals surface area contributed by atoms with E-state index in [2.05, 4.69) is 15.6 Å². The van der Waals surface area contributed by atoms with E-state index in [-0.39, 0.29) is 11.8 Å². The van der Waals surface area contributed by atoms with Crippen LogP contribution in [0.3, 0.4) is 0 Å². The molecule has 0 fully saturated rings. The van der Waals surface area contributed by atoms with E-state index >= 15 is 0 Å². The van der Waals surface area contributed by atoms with Gasteiger partial charge >= 0.3 is 0 Å². The maximum Gasteiger partial charge on any atom is 0.263 e. The number of amides is 2. The molecule has 2 N–H and O–H groups in total. The van der Waals surface area contributed by atoms with Crippen LogP contribution >= 0.6 is 11.3 Å². The Labute approximate surface area is 140 Å². The maximum atomic E-state index is 12.5. The Morgan fingerprint density at radius 1 is 1.22 bits per heavy atom. The van der Waals surface area contributed by atoms with Crippen LogP contribution in [0.15, 0.2) is 30.3 Å². The molecule has 0 aliphatic rings. The van der Waals surface area contributed by atoms with Crippen LogP contribution in [0.1, 0.15) is 51.0 Å². The number of hydrogen-bond donors (Lipinski definition) is 2. The molecule has 2 aromatic rings. The molecule has 0 radical (unpaired) electrons. The van der Waals surface area contributed by atoms with E-state index in [1.807, 2.05) is 32.0 Å². The van der Waals surface area contributed by atoms with Crippen LogP contribution in [0.4, 0.5) is 0 Å². The van der Waals surface area contributed by atoms with Crippen LogP contribution in [0.25, 0.3) is 0 Å². The molecular formula is C17H21N3O2S. The first-order chi connectivity index (χ1) is 10.9. The average molecular weight is 331 g/mol. The Morgan fingerprint density at radius 3 is 2.43 bits per heavy atom. The normalized spacial score (nSPS) is 13.2. The van der Waals surface area contributed by atoms with Crippen molar-refractivity contribution in [3.63, 3.8) is 0 Å². The second-order valence-corrected chi connectivity index (χ2v) is 6.52. The zero-order chi connectivity index (χ0) is 17.0. The van der Waals surface area contributed by atoms with E-state index in [0.717, 1.165) is 5.01 Å². The second kappa shape index (κ2) is 6.91. The minimum Gasteiger partial charge on any atom is -0.354 e. The van der Waals surface area contributed by atoms with Gasteiger partial charge in [0.1, 0.15) is 9.88 Å². The lowest BCUT2D eigenvalue weighted by Gasteiger charge is -2.27. The first-order valence-corrected chi connectivity index (χ1v) is 8.30. The number of aromatic nitrogens is 1. The van der Waals surface area contributed by atoms with Crippen molar-refractivity contribution in [3.8, 4) is 0 Å². The highest BCUT2D eigenvalue weighted by molar-refractivity contribution is 7.14. The zero-order valence-electron chi connectivity index (χ0n) is 13.8. The monoisotopic (exact) mass is 331 g/mol. The molecule has 1 aromatic heterocycles. The van der Waals surface area contributed by atoms with E-state index < -0.39 is 5.54 Å². The third-order valence-corrected chi connectivity index (χ3v) is 5.25. The molecule has 6 heteroatoms. The minimum atomic E-state index is -0.616. The van der Waals surface area contributed by atoms with Gasteiger partial charge in [0.05, 0.1) is 11.2 Å². The number of carbonyl (C=O) groups is 2. The fourth-order valence-electron chi connectivity index (χ4n) is 2.16. The number of thiazole rings is 1. The van der Waals surface area contributed by atoms with Crippen molar-refractivity contribution < 1.29 is 9.59 Å². The molecule has 0 bridgehead atoms. The molecule has 1 atom stereocenters. The Bertz CT molecular complexity index is 712. The van der Waals surface area contributed by atoms with Crippen molar-refractivity contribution in [1.82, 2.24) is 15.6 Å². The number of rotatable bonds is 5. The van der Waals surface area contributed by atoms with Gasteiger partial charge in [-0.05, 0) is 32.4 Å². The average Bonchev–Trinajstić information content (AvgIpc) is 2.97. The molecule has 2 amide bonds. The minimum absolute atomic E-state index is 0.149. The second-order valence-electron chi connectivity index (χ2n) is 5.52. The van der Waals surface area contributed by atoms with Crippen molar-refractivity contribution in [1.29, 1.82) is 0 Å². The van der Waals surface area contributed by atoms with Gasteiger partial charge in [-0.15, -0.1) is 11.3 Å². The highest BCUT2D eigenvalue weighted by atomic mass is 32.1. The van der Waals surface area contributed by atoms with Gasteiger partial charge in [-0.3, -0.25) is 9.59 Å². The summed E-state index contributed by atoms with van der Waals surface area (Å²) < 4.78 is 0. The molecule has 1 heterocycles. The summed E-state index contributed by atoms with van der Waals surface area (Å²) in [5.41, 5.74) is 0.666. The summed E-state index contributed by atoms with van der Waals surface area (Å²) in [5, 5.41) is 6.40. The smallest absolute Gasteiger partial charge is 0.263 e. The van der Waals surface area contributed by atoms with Gasteiger partial charge in [0.2, 0.25) is 0 Å². The molecule has 0 spiro atoms. The van der Waals surface area contributed by atoms with Gasteiger partial charge in [0.25, 0.3) is 11.8 Å². The Morgan fingerprint density at radius 2 is 1.87 bits per heavy atom. The third-order valence-electron chi connectivity index (χ3n) is 3.83. The Kier molecular flexibility index (Phi) is 5.15. The first-order valence-electron chi connectivity index (χ1n) is 7.49. The standard InChI is InChI=1S/C17H21N3O2S/c1-5-17(3,20-14(21)12-9-7-6-8-10-12)16-19-11(2)13(23-16)15(22)18-4/h6-10H,5H2,1-4H3,(H,18,22)(H,20,21)/t17-/m0/s1. The lowest BCUT2D eigenvalue weighted by molar-refractivity contribution is 0.0900. The SMILES string of the molecule is CC[C@](C)(NC(=O)c1ccccc1)c1nc(C)c(C(=O)NC)s1. The maximum absolute atomic E-state index is 12.5. The number of nitrogens with one attached hydrogen (secondary N) is 2. The molecule has 0 unspecified atom stereocenters. The van der Waals surface area contributed by atoms with Gasteiger partial charge in [-0.2, -0.15) is 0 Å². The summed E-state index contributed by atoms with van der Waals surface area (Å²) >= 11 is 1.32. The molecule has 5 nitrogen and oxygen atoms in total. The van der Waals surface area contributed by atoms with Crippen molar-refractivity contribution >= 4 is 23.2 Å². The highest BCUT2D eigenvalue weighted by Crippen LogP contribution is 2.31. The summed E-state index contributed by atoms with van der Waals surface area (Å²) in [4.78, 5) is 29.4. The van der Waals surface area contributed by atoms with Gasteiger partial charge in [0, 0.05) is 12.6 Å². The molecule has 0 aliphatic heterocycles. The lowest BCUT2D eigenvalue weighted by Crippen LogP contribution is -2.43. The number of aryl methyl sites for hydroxylation is 1. The zero-order valence-corrected chi connectivity index (χ0v) is 14.6. The molecule has 122 valence electrons. The van der Waals surface area contributed by atoms with Crippen molar-refractivity contribution in [2.45, 2.75) is 32.7 Å². The number of carbonyl (C=O) groups excluding carboxylic acids is 2. The summed E-state index contributed by atoms with van der Waals surface area (Å²) in [6, 6.07) is 9.07. The molecule has 0 saturated heterocycles. The predicted octanol–water partition coefficient (Wildman–Crippen LogP) is 2.87. The molecule has 2 rings (SSSR count). The number of hydrogen-bond acceptors (Lipinski definition) is 4. The van der Waals surface area contributed by atoms with Gasteiger partial charge in [0.15, 0.2) is 0 Å². The van der Waals surface area contributed by atoms with E-state index in [1.165, 1.54) is 11.3 Å². The van der Waals surface area contributed by atoms with Crippen molar-refractivity contribution in [2.75, 3.05) is 7.05 Å². The van der Waals surface area contributed by atoms with E-state index in [1.54, 1.807) is 26.1 Å². The van der Waals surface area contributed by atoms with E-state index in [9.17, 15) is 9.59 Å². The highest BCUT2D eigenvalue weighted by Gasteiger charge is 2.32. The molecule has 23 heavy (non-hydrogen) atoms. The van der Waals surface area contributed by atoms with Gasteiger partial charge in [-0.1, -0.05) is 25.1 Å². The van der Waals surface area contributed by atoms with Crippen LogP contribution in [0, 0.1) is 6.92 Å². The van der Waals surface area contributed by atoms with Gasteiger partial charge < -0.3 is 10.6 Å². The Balaban J connectivity index is 2.30. The quantitative estimate of drug-likeness (QED) is 0.885. The van der Waals surface area contributed by atoms with Gasteiger partial charge in [-0.25, -0.2) is 4.98 Å². The fraction of sp³-hybridized carbons (Fsp3) is 0.353. The summed E-state index contributed by atoms with van der Waals surface area (Å²) in [5.74, 6) is -0.302. The largest absolute Gasteiger partial charge is 0.354 e. The van der Waals surface area contributed by atoms with E-state index in [4.69, 9.17) is 0 Å². The van der Waals surface area contributed by atoms with Crippen LogP contribution in [-0.2, 0) is 5.54 Å². The molecule has 0 aliphatic carbocycles. The molecule has 1 aromatic carbocycles. The van der Waals surface area contributed by atoms with Crippen LogP contribution in [-0.4, -0.2) is 23.8 Å². The summed E-state index contributed by atoms with van der Waals surface area (Å²) in [6.07, 6.45) is 0.672. The third kappa shape index (κ3) is 3.59. The first kappa shape index (κ1) is 17.1. The number of nitrogens with zero attached hydrogens (tertiary/aromatic N) is 1. The van der Waals surface area contributed by atoms with Crippen LogP contribution in [0.2, 0.25) is 0 Å². The van der Waals surface area contributed by atoms with Crippen LogP contribution < -0.4 is 10.6 Å². The van der Waals surface area contributed by atoms with E-state index in [0.29, 0.717) is 22.6 Å². The molecular weight excluding hydrogens is 310 g/mol. The summed E-state index contributed by atoms with van der Waals surface area (Å²) in [6.45, 7) is 5.72. The van der Waals surface area contributed by atoms with Crippen molar-refractivity contribution in [3.05, 3.63) is 51.5 Å². The number of benzene rings is 1. The predicted molar refractivity (Wildman–Crippen MR) is 91.8 cm³/mol. The molecule has 0 saturated carbocycles.